The van der Waals surface area contributed by atoms with Crippen LogP contribution in [0.4, 0.5) is 0 Å². The van der Waals surface area contributed by atoms with Gasteiger partial charge in [-0.2, -0.15) is 0 Å². The Morgan fingerprint density at radius 3 is 2.36 bits per heavy atom. The quantitative estimate of drug-likeness (QED) is 0.581. The summed E-state index contributed by atoms with van der Waals surface area (Å²) in [6.45, 7) is 8.95. The Hall–Kier alpha value is -0.120. The van der Waals surface area contributed by atoms with E-state index in [1.807, 2.05) is 27.7 Å². The third-order valence-electron chi connectivity index (χ3n) is 2.73. The topological polar surface area (TPSA) is 52.5 Å². The number of nitrogens with one attached hydrogen (secondary N) is 1. The molecule has 3 N–H and O–H groups in total. The van der Waals surface area contributed by atoms with Crippen molar-refractivity contribution in [3.05, 3.63) is 0 Å². The minimum atomic E-state index is -0.689. The van der Waals surface area contributed by atoms with E-state index in [1.54, 1.807) is 0 Å². The number of aliphatic hydroxyl groups is 2. The summed E-state index contributed by atoms with van der Waals surface area (Å²) in [7, 11) is 0. The van der Waals surface area contributed by atoms with Crippen molar-refractivity contribution < 1.29 is 10.2 Å². The number of hydrogen-bond donors (Lipinski definition) is 3. The zero-order chi connectivity index (χ0) is 11.2. The van der Waals surface area contributed by atoms with Gasteiger partial charge in [0, 0.05) is 13.1 Å². The van der Waals surface area contributed by atoms with Crippen molar-refractivity contribution in [1.29, 1.82) is 0 Å². The van der Waals surface area contributed by atoms with Crippen LogP contribution in [-0.4, -0.2) is 35.0 Å². The minimum absolute atomic E-state index is 0.221. The van der Waals surface area contributed by atoms with Gasteiger partial charge in [0.05, 0.1) is 11.7 Å². The molecule has 14 heavy (non-hydrogen) atoms. The molecule has 0 saturated carbocycles. The van der Waals surface area contributed by atoms with Gasteiger partial charge < -0.3 is 15.5 Å². The molecule has 0 rings (SSSR count). The van der Waals surface area contributed by atoms with E-state index in [2.05, 4.69) is 5.32 Å². The smallest absolute Gasteiger partial charge is 0.0766 e. The summed E-state index contributed by atoms with van der Waals surface area (Å²) in [5, 5.41) is 22.4. The molecule has 2 unspecified atom stereocenters. The van der Waals surface area contributed by atoms with E-state index in [0.717, 1.165) is 12.8 Å². The van der Waals surface area contributed by atoms with Crippen molar-refractivity contribution in [1.82, 2.24) is 5.32 Å². The average Bonchev–Trinajstić information content (AvgIpc) is 2.04. The fraction of sp³-hybridized carbons (Fsp3) is 1.00. The molecule has 3 nitrogen and oxygen atoms in total. The Balaban J connectivity index is 3.62. The maximum absolute atomic E-state index is 9.89. The first-order valence-corrected chi connectivity index (χ1v) is 5.51. The third kappa shape index (κ3) is 5.58. The molecule has 0 aromatic carbocycles. The third-order valence-corrected chi connectivity index (χ3v) is 2.73. The van der Waals surface area contributed by atoms with Gasteiger partial charge in [-0.15, -0.1) is 0 Å². The predicted molar refractivity (Wildman–Crippen MR) is 59.2 cm³/mol. The number of hydrogen-bond acceptors (Lipinski definition) is 3. The molecular weight excluding hydrogens is 178 g/mol. The Kier molecular flexibility index (Phi) is 6.33. The van der Waals surface area contributed by atoms with Gasteiger partial charge in [-0.3, -0.25) is 0 Å². The first kappa shape index (κ1) is 13.9. The fourth-order valence-electron chi connectivity index (χ4n) is 1.13. The summed E-state index contributed by atoms with van der Waals surface area (Å²) in [5.41, 5.74) is -0.689. The van der Waals surface area contributed by atoms with Crippen LogP contribution < -0.4 is 5.32 Å². The van der Waals surface area contributed by atoms with E-state index in [4.69, 9.17) is 0 Å². The SMILES string of the molecule is CCCC(O)CNCC(C)(O)C(C)C. The number of rotatable bonds is 7. The van der Waals surface area contributed by atoms with Crippen LogP contribution in [0.5, 0.6) is 0 Å². The van der Waals surface area contributed by atoms with Crippen LogP contribution in [0.1, 0.15) is 40.5 Å². The van der Waals surface area contributed by atoms with E-state index < -0.39 is 5.60 Å². The molecule has 0 radical (unpaired) electrons. The summed E-state index contributed by atoms with van der Waals surface area (Å²) in [6, 6.07) is 0. The Morgan fingerprint density at radius 1 is 1.36 bits per heavy atom. The van der Waals surface area contributed by atoms with Crippen LogP contribution in [0.2, 0.25) is 0 Å². The van der Waals surface area contributed by atoms with E-state index in [1.165, 1.54) is 0 Å². The lowest BCUT2D eigenvalue weighted by Gasteiger charge is -2.28. The molecule has 0 saturated heterocycles. The molecule has 0 aliphatic carbocycles. The minimum Gasteiger partial charge on any atom is -0.392 e. The van der Waals surface area contributed by atoms with Gasteiger partial charge >= 0.3 is 0 Å². The van der Waals surface area contributed by atoms with E-state index in [9.17, 15) is 10.2 Å². The van der Waals surface area contributed by atoms with Gasteiger partial charge in [0.25, 0.3) is 0 Å². The second kappa shape index (κ2) is 6.38. The number of aliphatic hydroxyl groups excluding tert-OH is 1. The van der Waals surface area contributed by atoms with Crippen molar-refractivity contribution in [2.24, 2.45) is 5.92 Å². The van der Waals surface area contributed by atoms with Gasteiger partial charge in [0.2, 0.25) is 0 Å². The molecule has 0 aromatic heterocycles. The molecule has 0 aromatic rings. The molecule has 0 amide bonds. The molecule has 0 bridgehead atoms. The van der Waals surface area contributed by atoms with Crippen molar-refractivity contribution in [2.45, 2.75) is 52.2 Å². The lowest BCUT2D eigenvalue weighted by atomic mass is 9.92. The molecule has 2 atom stereocenters. The highest BCUT2D eigenvalue weighted by Gasteiger charge is 2.24. The van der Waals surface area contributed by atoms with Crippen LogP contribution >= 0.6 is 0 Å². The standard InChI is InChI=1S/C11H25NO2/c1-5-6-10(13)7-12-8-11(4,14)9(2)3/h9-10,12-14H,5-8H2,1-4H3. The van der Waals surface area contributed by atoms with Crippen LogP contribution in [0.3, 0.4) is 0 Å². The second-order valence-corrected chi connectivity index (χ2v) is 4.59. The summed E-state index contributed by atoms with van der Waals surface area (Å²) in [5.74, 6) is 0.221. The molecule has 0 fully saturated rings. The van der Waals surface area contributed by atoms with Crippen molar-refractivity contribution in [3.63, 3.8) is 0 Å². The highest BCUT2D eigenvalue weighted by atomic mass is 16.3. The maximum atomic E-state index is 9.89. The van der Waals surface area contributed by atoms with Gasteiger partial charge in [0.15, 0.2) is 0 Å². The van der Waals surface area contributed by atoms with Crippen LogP contribution in [0.25, 0.3) is 0 Å². The highest BCUT2D eigenvalue weighted by Crippen LogP contribution is 2.14. The molecule has 0 spiro atoms. The first-order valence-electron chi connectivity index (χ1n) is 5.51. The Labute approximate surface area is 87.5 Å². The van der Waals surface area contributed by atoms with Crippen LogP contribution in [0.15, 0.2) is 0 Å². The lowest BCUT2D eigenvalue weighted by molar-refractivity contribution is 0.0115. The van der Waals surface area contributed by atoms with Crippen molar-refractivity contribution >= 4 is 0 Å². The zero-order valence-corrected chi connectivity index (χ0v) is 9.88. The summed E-state index contributed by atoms with van der Waals surface area (Å²) < 4.78 is 0. The monoisotopic (exact) mass is 203 g/mol. The molecule has 0 heterocycles. The second-order valence-electron chi connectivity index (χ2n) is 4.59. The molecular formula is C11H25NO2. The van der Waals surface area contributed by atoms with E-state index in [-0.39, 0.29) is 12.0 Å². The summed E-state index contributed by atoms with van der Waals surface area (Å²) in [4.78, 5) is 0. The first-order chi connectivity index (χ1) is 6.40. The van der Waals surface area contributed by atoms with Crippen molar-refractivity contribution in [2.75, 3.05) is 13.1 Å². The molecule has 3 heteroatoms. The van der Waals surface area contributed by atoms with E-state index >= 15 is 0 Å². The average molecular weight is 203 g/mol. The molecule has 0 aliphatic heterocycles. The highest BCUT2D eigenvalue weighted by molar-refractivity contribution is 4.79. The van der Waals surface area contributed by atoms with Gasteiger partial charge in [-0.05, 0) is 19.3 Å². The summed E-state index contributed by atoms with van der Waals surface area (Å²) in [6.07, 6.45) is 1.52. The van der Waals surface area contributed by atoms with Crippen LogP contribution in [-0.2, 0) is 0 Å². The van der Waals surface area contributed by atoms with Crippen molar-refractivity contribution in [3.8, 4) is 0 Å². The van der Waals surface area contributed by atoms with Gasteiger partial charge in [-0.25, -0.2) is 0 Å². The molecule has 0 aliphatic rings. The van der Waals surface area contributed by atoms with Gasteiger partial charge in [0.1, 0.15) is 0 Å². The predicted octanol–water partition coefficient (Wildman–Crippen LogP) is 1.14. The van der Waals surface area contributed by atoms with Crippen LogP contribution in [0, 0.1) is 5.92 Å². The lowest BCUT2D eigenvalue weighted by Crippen LogP contribution is -2.44. The van der Waals surface area contributed by atoms with Gasteiger partial charge in [-0.1, -0.05) is 27.2 Å². The summed E-state index contributed by atoms with van der Waals surface area (Å²) >= 11 is 0. The maximum Gasteiger partial charge on any atom is 0.0766 e. The Morgan fingerprint density at radius 2 is 1.93 bits per heavy atom. The normalized spacial score (nSPS) is 18.2. The fourth-order valence-corrected chi connectivity index (χ4v) is 1.13. The zero-order valence-electron chi connectivity index (χ0n) is 9.88. The largest absolute Gasteiger partial charge is 0.392 e. The molecule has 86 valence electrons. The Bertz CT molecular complexity index is 146. The van der Waals surface area contributed by atoms with E-state index in [0.29, 0.717) is 13.1 Å².